The van der Waals surface area contributed by atoms with Crippen LogP contribution in [0, 0.1) is 38.7 Å². The normalized spacial score (nSPS) is 9.00. The van der Waals surface area contributed by atoms with Crippen molar-refractivity contribution in [3.8, 4) is 6.07 Å². The maximum absolute atomic E-state index is 8.80. The molecule has 0 saturated heterocycles. The molecule has 1 aromatic carbocycles. The molecular weight excluding hydrogens is 160 g/mol. The number of hydrogen-bond donors (Lipinski definition) is 0. The van der Waals surface area contributed by atoms with Crippen LogP contribution < -0.4 is 0 Å². The number of nitriles is 1. The first-order chi connectivity index (χ1) is 6.11. The predicted molar refractivity (Wildman–Crippen MR) is 51.6 cm³/mol. The van der Waals surface area contributed by atoms with Crippen molar-refractivity contribution in [2.45, 2.75) is 20.8 Å². The van der Waals surface area contributed by atoms with Gasteiger partial charge in [-0.05, 0) is 38.0 Å². The molecule has 0 saturated carbocycles. The number of aryl methyl sites for hydroxylation is 1. The van der Waals surface area contributed by atoms with Crippen molar-refractivity contribution in [2.75, 3.05) is 0 Å². The maximum atomic E-state index is 8.80. The summed E-state index contributed by atoms with van der Waals surface area (Å²) in [4.78, 5) is 3.44. The summed E-state index contributed by atoms with van der Waals surface area (Å²) >= 11 is 0. The molecule has 0 radical (unpaired) electrons. The molecule has 1 rings (SSSR count). The van der Waals surface area contributed by atoms with Gasteiger partial charge >= 0.3 is 0 Å². The van der Waals surface area contributed by atoms with Crippen molar-refractivity contribution in [3.05, 3.63) is 39.7 Å². The molecule has 2 nitrogen and oxygen atoms in total. The molecular formula is C11H10N2. The maximum Gasteiger partial charge on any atom is 0.194 e. The van der Waals surface area contributed by atoms with Gasteiger partial charge in [0.05, 0.1) is 12.6 Å². The smallest absolute Gasteiger partial charge is 0.194 e. The quantitative estimate of drug-likeness (QED) is 0.550. The van der Waals surface area contributed by atoms with Crippen LogP contribution in [0.1, 0.15) is 22.3 Å². The number of hydrogen-bond acceptors (Lipinski definition) is 1. The van der Waals surface area contributed by atoms with E-state index >= 15 is 0 Å². The fraction of sp³-hybridized carbons (Fsp3) is 0.273. The van der Waals surface area contributed by atoms with Gasteiger partial charge in [0.25, 0.3) is 0 Å². The Bertz CT molecular complexity index is 431. The van der Waals surface area contributed by atoms with E-state index < -0.39 is 0 Å². The van der Waals surface area contributed by atoms with Crippen LogP contribution in [-0.4, -0.2) is 0 Å². The Morgan fingerprint density at radius 1 is 1.31 bits per heavy atom. The monoisotopic (exact) mass is 170 g/mol. The van der Waals surface area contributed by atoms with Gasteiger partial charge in [0.2, 0.25) is 0 Å². The van der Waals surface area contributed by atoms with Gasteiger partial charge in [-0.3, -0.25) is 0 Å². The van der Waals surface area contributed by atoms with Crippen LogP contribution in [0.2, 0.25) is 0 Å². The standard InChI is InChI=1S/C11H10N2/c1-7-5-10(6-12)9(3)11(13-4)8(7)2/h5H,1-3H3. The first-order valence-corrected chi connectivity index (χ1v) is 4.00. The van der Waals surface area contributed by atoms with E-state index in [0.717, 1.165) is 16.7 Å². The predicted octanol–water partition coefficient (Wildman–Crippen LogP) is 3.03. The van der Waals surface area contributed by atoms with Gasteiger partial charge in [-0.15, -0.1) is 0 Å². The van der Waals surface area contributed by atoms with Gasteiger partial charge in [-0.2, -0.15) is 5.26 Å². The molecule has 0 aliphatic heterocycles. The molecule has 0 aliphatic carbocycles. The summed E-state index contributed by atoms with van der Waals surface area (Å²) in [6.07, 6.45) is 0. The van der Waals surface area contributed by atoms with E-state index in [0.29, 0.717) is 11.3 Å². The van der Waals surface area contributed by atoms with E-state index in [-0.39, 0.29) is 0 Å². The summed E-state index contributed by atoms with van der Waals surface area (Å²) in [6, 6.07) is 3.93. The van der Waals surface area contributed by atoms with Crippen LogP contribution in [0.5, 0.6) is 0 Å². The average Bonchev–Trinajstić information content (AvgIpc) is 2.12. The largest absolute Gasteiger partial charge is 0.238 e. The van der Waals surface area contributed by atoms with Crippen LogP contribution in [-0.2, 0) is 0 Å². The molecule has 0 atom stereocenters. The molecule has 0 aliphatic rings. The van der Waals surface area contributed by atoms with Crippen molar-refractivity contribution in [1.82, 2.24) is 0 Å². The summed E-state index contributed by atoms with van der Waals surface area (Å²) in [5.74, 6) is 0. The Kier molecular flexibility index (Phi) is 2.35. The highest BCUT2D eigenvalue weighted by atomic mass is 14.7. The summed E-state index contributed by atoms with van der Waals surface area (Å²) < 4.78 is 0. The van der Waals surface area contributed by atoms with Crippen molar-refractivity contribution in [3.63, 3.8) is 0 Å². The topological polar surface area (TPSA) is 28.1 Å². The second-order valence-corrected chi connectivity index (χ2v) is 3.06. The van der Waals surface area contributed by atoms with E-state index in [9.17, 15) is 0 Å². The summed E-state index contributed by atoms with van der Waals surface area (Å²) in [5.41, 5.74) is 4.01. The van der Waals surface area contributed by atoms with Gasteiger partial charge in [0, 0.05) is 5.56 Å². The summed E-state index contributed by atoms with van der Waals surface area (Å²) in [6.45, 7) is 12.7. The molecule has 0 spiro atoms. The third kappa shape index (κ3) is 1.39. The Balaban J connectivity index is 3.63. The lowest BCUT2D eigenvalue weighted by atomic mass is 9.99. The Hall–Kier alpha value is -1.80. The van der Waals surface area contributed by atoms with Crippen molar-refractivity contribution in [1.29, 1.82) is 5.26 Å². The van der Waals surface area contributed by atoms with E-state index in [2.05, 4.69) is 10.9 Å². The van der Waals surface area contributed by atoms with Crippen LogP contribution in [0.3, 0.4) is 0 Å². The summed E-state index contributed by atoms with van der Waals surface area (Å²) in [5, 5.41) is 8.80. The van der Waals surface area contributed by atoms with E-state index in [1.165, 1.54) is 0 Å². The molecule has 1 aromatic rings. The third-order valence-electron chi connectivity index (χ3n) is 2.30. The van der Waals surface area contributed by atoms with Crippen LogP contribution in [0.4, 0.5) is 5.69 Å². The van der Waals surface area contributed by atoms with Gasteiger partial charge in [0.15, 0.2) is 5.69 Å². The number of rotatable bonds is 0. The molecule has 0 amide bonds. The van der Waals surface area contributed by atoms with Crippen molar-refractivity contribution >= 4 is 5.69 Å². The van der Waals surface area contributed by atoms with Crippen LogP contribution in [0.25, 0.3) is 4.85 Å². The van der Waals surface area contributed by atoms with Gasteiger partial charge in [0.1, 0.15) is 0 Å². The Morgan fingerprint density at radius 2 is 1.92 bits per heavy atom. The highest BCUT2D eigenvalue weighted by molar-refractivity contribution is 5.65. The molecule has 2 heteroatoms. The molecule has 0 heterocycles. The minimum atomic E-state index is 0.606. The number of benzene rings is 1. The van der Waals surface area contributed by atoms with Gasteiger partial charge < -0.3 is 0 Å². The zero-order valence-corrected chi connectivity index (χ0v) is 7.97. The van der Waals surface area contributed by atoms with Gasteiger partial charge in [-0.1, -0.05) is 5.56 Å². The minimum Gasteiger partial charge on any atom is -0.238 e. The highest BCUT2D eigenvalue weighted by Crippen LogP contribution is 2.28. The van der Waals surface area contributed by atoms with Crippen LogP contribution >= 0.6 is 0 Å². The third-order valence-corrected chi connectivity index (χ3v) is 2.30. The van der Waals surface area contributed by atoms with Crippen molar-refractivity contribution < 1.29 is 0 Å². The molecule has 13 heavy (non-hydrogen) atoms. The lowest BCUT2D eigenvalue weighted by Crippen LogP contribution is -1.89. The zero-order chi connectivity index (χ0) is 10.0. The lowest BCUT2D eigenvalue weighted by Gasteiger charge is -2.07. The van der Waals surface area contributed by atoms with Crippen LogP contribution in [0.15, 0.2) is 6.07 Å². The van der Waals surface area contributed by atoms with E-state index in [1.807, 2.05) is 26.8 Å². The van der Waals surface area contributed by atoms with E-state index in [4.69, 9.17) is 11.8 Å². The second kappa shape index (κ2) is 3.29. The molecule has 64 valence electrons. The zero-order valence-electron chi connectivity index (χ0n) is 7.97. The Morgan fingerprint density at radius 3 is 2.38 bits per heavy atom. The fourth-order valence-corrected chi connectivity index (χ4v) is 1.31. The average molecular weight is 170 g/mol. The fourth-order valence-electron chi connectivity index (χ4n) is 1.31. The van der Waals surface area contributed by atoms with E-state index in [1.54, 1.807) is 0 Å². The minimum absolute atomic E-state index is 0.606. The molecule has 0 bridgehead atoms. The Labute approximate surface area is 78.3 Å². The summed E-state index contributed by atoms with van der Waals surface area (Å²) in [7, 11) is 0. The first-order valence-electron chi connectivity index (χ1n) is 4.00. The highest BCUT2D eigenvalue weighted by Gasteiger charge is 2.09. The second-order valence-electron chi connectivity index (χ2n) is 3.06. The SMILES string of the molecule is [C-]#[N+]c1c(C)c(C)cc(C#N)c1C. The number of nitrogens with zero attached hydrogens (tertiary/aromatic N) is 2. The lowest BCUT2D eigenvalue weighted by molar-refractivity contribution is 1.29. The first kappa shape index (κ1) is 9.29. The molecule has 0 aromatic heterocycles. The van der Waals surface area contributed by atoms with Crippen molar-refractivity contribution in [2.24, 2.45) is 0 Å². The van der Waals surface area contributed by atoms with Gasteiger partial charge in [-0.25, -0.2) is 4.85 Å². The molecule has 0 unspecified atom stereocenters. The molecule has 0 fully saturated rings. The molecule has 0 N–H and O–H groups in total.